The van der Waals surface area contributed by atoms with Gasteiger partial charge in [-0.25, -0.2) is 9.97 Å². The summed E-state index contributed by atoms with van der Waals surface area (Å²) in [6, 6.07) is 21.4. The highest BCUT2D eigenvalue weighted by Gasteiger charge is 2.13. The predicted octanol–water partition coefficient (Wildman–Crippen LogP) is 6.12. The number of hydrogen-bond acceptors (Lipinski definition) is 6. The fourth-order valence-corrected chi connectivity index (χ4v) is 4.77. The molecule has 192 valence electrons. The summed E-state index contributed by atoms with van der Waals surface area (Å²) in [5.41, 5.74) is 4.65. The quantitative estimate of drug-likeness (QED) is 0.220. The van der Waals surface area contributed by atoms with Crippen molar-refractivity contribution in [3.8, 4) is 11.5 Å². The van der Waals surface area contributed by atoms with E-state index in [1.807, 2.05) is 80.6 Å². The second-order valence-electron chi connectivity index (χ2n) is 8.30. The van der Waals surface area contributed by atoms with E-state index >= 15 is 0 Å². The van der Waals surface area contributed by atoms with Crippen molar-refractivity contribution in [3.05, 3.63) is 88.6 Å². The molecule has 0 aliphatic carbocycles. The van der Waals surface area contributed by atoms with E-state index in [0.717, 1.165) is 44.4 Å². The zero-order chi connectivity index (χ0) is 26.0. The first kappa shape index (κ1) is 26.8. The summed E-state index contributed by atoms with van der Waals surface area (Å²) in [6.45, 7) is 5.56. The van der Waals surface area contributed by atoms with Gasteiger partial charge in [0.15, 0.2) is 11.5 Å². The highest BCUT2D eigenvalue weighted by molar-refractivity contribution is 7.99. The van der Waals surface area contributed by atoms with Gasteiger partial charge in [-0.1, -0.05) is 53.7 Å². The summed E-state index contributed by atoms with van der Waals surface area (Å²) in [6.07, 6.45) is 1.30. The van der Waals surface area contributed by atoms with Gasteiger partial charge in [0.25, 0.3) is 0 Å². The van der Waals surface area contributed by atoms with Gasteiger partial charge in [-0.2, -0.15) is 0 Å². The minimum atomic E-state index is -0.0478. The summed E-state index contributed by atoms with van der Waals surface area (Å²) in [4.78, 5) is 22.3. The van der Waals surface area contributed by atoms with Gasteiger partial charge in [0.05, 0.1) is 35.7 Å². The number of fused-ring (bicyclic) bond motifs is 1. The van der Waals surface area contributed by atoms with Crippen LogP contribution in [-0.4, -0.2) is 41.4 Å². The third-order valence-corrected chi connectivity index (χ3v) is 6.83. The Bertz CT molecular complexity index is 1350. The van der Waals surface area contributed by atoms with E-state index in [0.29, 0.717) is 37.6 Å². The predicted molar refractivity (Wildman–Crippen MR) is 150 cm³/mol. The maximum Gasteiger partial charge on any atom is 0.230 e. The SMILES string of the molecule is CCOc1ccc(CCNC(=O)CSc2nc3ccccc3nc2Cc2ccc(Cl)cc2)cc1OCC. The van der Waals surface area contributed by atoms with Crippen molar-refractivity contribution in [3.63, 3.8) is 0 Å². The van der Waals surface area contributed by atoms with E-state index in [-0.39, 0.29) is 11.7 Å². The summed E-state index contributed by atoms with van der Waals surface area (Å²) in [5, 5.41) is 4.46. The van der Waals surface area contributed by atoms with Gasteiger partial charge in [0, 0.05) is 18.0 Å². The topological polar surface area (TPSA) is 73.3 Å². The molecular weight excluding hydrogens is 506 g/mol. The Morgan fingerprint density at radius 1 is 0.892 bits per heavy atom. The minimum Gasteiger partial charge on any atom is -0.490 e. The molecule has 0 aliphatic heterocycles. The maximum atomic E-state index is 12.6. The van der Waals surface area contributed by atoms with Crippen molar-refractivity contribution in [1.29, 1.82) is 0 Å². The second kappa shape index (κ2) is 13.3. The Balaban J connectivity index is 1.37. The number of amides is 1. The fourth-order valence-electron chi connectivity index (χ4n) is 3.83. The van der Waals surface area contributed by atoms with E-state index in [2.05, 4.69) is 5.32 Å². The number of carbonyl (C=O) groups excluding carboxylic acids is 1. The molecule has 4 rings (SSSR count). The Morgan fingerprint density at radius 2 is 1.57 bits per heavy atom. The fraction of sp³-hybridized carbons (Fsp3) is 0.276. The number of halogens is 1. The van der Waals surface area contributed by atoms with Crippen LogP contribution >= 0.6 is 23.4 Å². The van der Waals surface area contributed by atoms with E-state index < -0.39 is 0 Å². The molecule has 1 heterocycles. The van der Waals surface area contributed by atoms with Crippen LogP contribution in [0.1, 0.15) is 30.7 Å². The second-order valence-corrected chi connectivity index (χ2v) is 9.70. The van der Waals surface area contributed by atoms with Gasteiger partial charge in [-0.3, -0.25) is 4.79 Å². The number of nitrogens with zero attached hydrogens (tertiary/aromatic N) is 2. The van der Waals surface area contributed by atoms with Gasteiger partial charge >= 0.3 is 0 Å². The number of rotatable bonds is 12. The molecule has 8 heteroatoms. The first-order chi connectivity index (χ1) is 18.1. The minimum absolute atomic E-state index is 0.0478. The number of aromatic nitrogens is 2. The van der Waals surface area contributed by atoms with Crippen LogP contribution in [0, 0.1) is 0 Å². The van der Waals surface area contributed by atoms with Crippen molar-refractivity contribution < 1.29 is 14.3 Å². The third kappa shape index (κ3) is 7.60. The van der Waals surface area contributed by atoms with Crippen LogP contribution in [0.25, 0.3) is 11.0 Å². The molecule has 0 bridgehead atoms. The van der Waals surface area contributed by atoms with Gasteiger partial charge < -0.3 is 14.8 Å². The molecule has 1 aromatic heterocycles. The molecule has 1 N–H and O–H groups in total. The Kier molecular flexibility index (Phi) is 9.63. The zero-order valence-corrected chi connectivity index (χ0v) is 22.6. The molecular formula is C29H30ClN3O3S. The van der Waals surface area contributed by atoms with Gasteiger partial charge in [0.2, 0.25) is 5.91 Å². The molecule has 0 atom stereocenters. The molecule has 0 radical (unpaired) electrons. The van der Waals surface area contributed by atoms with Crippen molar-refractivity contribution in [2.45, 2.75) is 31.7 Å². The summed E-state index contributed by atoms with van der Waals surface area (Å²) in [7, 11) is 0. The third-order valence-electron chi connectivity index (χ3n) is 5.57. The van der Waals surface area contributed by atoms with Crippen molar-refractivity contribution in [2.24, 2.45) is 0 Å². The molecule has 4 aromatic rings. The number of ether oxygens (including phenoxy) is 2. The average molecular weight is 536 g/mol. The van der Waals surface area contributed by atoms with Crippen molar-refractivity contribution in [1.82, 2.24) is 15.3 Å². The first-order valence-corrected chi connectivity index (χ1v) is 13.7. The molecule has 0 unspecified atom stereocenters. The van der Waals surface area contributed by atoms with Crippen LogP contribution in [0.2, 0.25) is 5.02 Å². The number of nitrogens with one attached hydrogen (secondary N) is 1. The Morgan fingerprint density at radius 3 is 2.30 bits per heavy atom. The highest BCUT2D eigenvalue weighted by Crippen LogP contribution is 2.29. The lowest BCUT2D eigenvalue weighted by Gasteiger charge is -2.13. The van der Waals surface area contributed by atoms with Crippen LogP contribution < -0.4 is 14.8 Å². The molecule has 0 spiro atoms. The van der Waals surface area contributed by atoms with Crippen LogP contribution in [0.15, 0.2) is 71.8 Å². The molecule has 0 saturated heterocycles. The average Bonchev–Trinajstić information content (AvgIpc) is 2.90. The normalized spacial score (nSPS) is 10.9. The van der Waals surface area contributed by atoms with Crippen molar-refractivity contribution in [2.75, 3.05) is 25.5 Å². The van der Waals surface area contributed by atoms with Crippen molar-refractivity contribution >= 4 is 40.3 Å². The number of para-hydroxylation sites is 2. The lowest BCUT2D eigenvalue weighted by Crippen LogP contribution is -2.27. The summed E-state index contributed by atoms with van der Waals surface area (Å²) >= 11 is 7.45. The lowest BCUT2D eigenvalue weighted by molar-refractivity contribution is -0.118. The number of benzene rings is 3. The van der Waals surface area contributed by atoms with Crippen LogP contribution in [0.4, 0.5) is 0 Å². The van der Waals surface area contributed by atoms with Gasteiger partial charge in [-0.05, 0) is 67.8 Å². The van der Waals surface area contributed by atoms with Gasteiger partial charge in [0.1, 0.15) is 5.03 Å². The summed E-state index contributed by atoms with van der Waals surface area (Å²) in [5.74, 6) is 1.67. The lowest BCUT2D eigenvalue weighted by atomic mass is 10.1. The Hall–Kier alpha value is -3.29. The van der Waals surface area contributed by atoms with Crippen LogP contribution in [0.5, 0.6) is 11.5 Å². The molecule has 0 fully saturated rings. The zero-order valence-electron chi connectivity index (χ0n) is 21.0. The number of thioether (sulfide) groups is 1. The Labute approximate surface area is 226 Å². The molecule has 3 aromatic carbocycles. The standard InChI is InChI=1S/C29H30ClN3O3S/c1-3-35-26-14-11-21(18-27(26)36-4-2)15-16-31-28(34)19-37-29-25(17-20-9-12-22(30)13-10-20)32-23-7-5-6-8-24(23)33-29/h5-14,18H,3-4,15-17,19H2,1-2H3,(H,31,34). The maximum absolute atomic E-state index is 12.6. The molecule has 1 amide bonds. The van der Waals surface area contributed by atoms with E-state index in [9.17, 15) is 4.79 Å². The smallest absolute Gasteiger partial charge is 0.230 e. The molecule has 0 aliphatic rings. The molecule has 37 heavy (non-hydrogen) atoms. The first-order valence-electron chi connectivity index (χ1n) is 12.3. The highest BCUT2D eigenvalue weighted by atomic mass is 35.5. The van der Waals surface area contributed by atoms with E-state index in [4.69, 9.17) is 31.0 Å². The van der Waals surface area contributed by atoms with E-state index in [1.165, 1.54) is 11.8 Å². The molecule has 6 nitrogen and oxygen atoms in total. The number of carbonyl (C=O) groups is 1. The van der Waals surface area contributed by atoms with E-state index in [1.54, 1.807) is 0 Å². The van der Waals surface area contributed by atoms with Gasteiger partial charge in [-0.15, -0.1) is 0 Å². The van der Waals surface area contributed by atoms with Crippen LogP contribution in [-0.2, 0) is 17.6 Å². The van der Waals surface area contributed by atoms with Crippen LogP contribution in [0.3, 0.4) is 0 Å². The largest absolute Gasteiger partial charge is 0.490 e. The summed E-state index contributed by atoms with van der Waals surface area (Å²) < 4.78 is 11.3. The molecule has 0 saturated carbocycles. The monoisotopic (exact) mass is 535 g/mol. The number of hydrogen-bond donors (Lipinski definition) is 1.